The number of hydrazine groups is 1. The Bertz CT molecular complexity index is 351. The molecule has 0 spiro atoms. The highest BCUT2D eigenvalue weighted by Crippen LogP contribution is 2.27. The van der Waals surface area contributed by atoms with Gasteiger partial charge in [0.2, 0.25) is 5.75 Å². The maximum absolute atomic E-state index is 5.70. The largest absolute Gasteiger partial charge is 0.490 e. The van der Waals surface area contributed by atoms with Crippen LogP contribution in [0.4, 0.5) is 11.6 Å². The zero-order chi connectivity index (χ0) is 11.4. The topological polar surface area (TPSA) is 76.3 Å². The van der Waals surface area contributed by atoms with Crippen LogP contribution in [0.15, 0.2) is 6.33 Å². The van der Waals surface area contributed by atoms with Crippen LogP contribution in [-0.4, -0.2) is 35.2 Å². The summed E-state index contributed by atoms with van der Waals surface area (Å²) >= 11 is 0. The van der Waals surface area contributed by atoms with E-state index in [1.54, 1.807) is 7.11 Å². The highest BCUT2D eigenvalue weighted by Gasteiger charge is 2.14. The summed E-state index contributed by atoms with van der Waals surface area (Å²) in [6, 6.07) is 0. The van der Waals surface area contributed by atoms with Gasteiger partial charge in [-0.1, -0.05) is 6.42 Å². The molecule has 3 N–H and O–H groups in total. The summed E-state index contributed by atoms with van der Waals surface area (Å²) in [7, 11) is 1.57. The van der Waals surface area contributed by atoms with Crippen molar-refractivity contribution in [3.05, 3.63) is 6.33 Å². The van der Waals surface area contributed by atoms with Gasteiger partial charge in [0.05, 0.1) is 7.11 Å². The molecule has 6 heteroatoms. The molecule has 16 heavy (non-hydrogen) atoms. The molecule has 0 aliphatic carbocycles. The van der Waals surface area contributed by atoms with E-state index in [9.17, 15) is 0 Å². The average molecular weight is 223 g/mol. The maximum atomic E-state index is 5.70. The molecule has 0 unspecified atom stereocenters. The highest BCUT2D eigenvalue weighted by atomic mass is 16.5. The van der Waals surface area contributed by atoms with Gasteiger partial charge in [-0.2, -0.15) is 0 Å². The molecule has 0 amide bonds. The summed E-state index contributed by atoms with van der Waals surface area (Å²) < 4.78 is 5.18. The third kappa shape index (κ3) is 2.33. The number of nitrogens with one attached hydrogen (secondary N) is 1. The van der Waals surface area contributed by atoms with E-state index in [2.05, 4.69) is 20.4 Å². The first kappa shape index (κ1) is 10.9. The van der Waals surface area contributed by atoms with Gasteiger partial charge in [-0.05, 0) is 12.8 Å². The van der Waals surface area contributed by atoms with Crippen molar-refractivity contribution >= 4 is 11.6 Å². The fourth-order valence-electron chi connectivity index (χ4n) is 1.82. The number of nitrogens with zero attached hydrogens (tertiary/aromatic N) is 3. The van der Waals surface area contributed by atoms with E-state index in [1.807, 2.05) is 0 Å². The molecular weight excluding hydrogens is 206 g/mol. The van der Waals surface area contributed by atoms with Crippen LogP contribution in [0.25, 0.3) is 0 Å². The van der Waals surface area contributed by atoms with Gasteiger partial charge in [-0.25, -0.2) is 15.0 Å². The Kier molecular flexibility index (Phi) is 3.40. The minimum atomic E-state index is 0.358. The van der Waals surface area contributed by atoms with Crippen molar-refractivity contribution in [1.29, 1.82) is 0 Å². The zero-order valence-electron chi connectivity index (χ0n) is 9.44. The smallest absolute Gasteiger partial charge is 0.205 e. The fourth-order valence-corrected chi connectivity index (χ4v) is 1.82. The van der Waals surface area contributed by atoms with Gasteiger partial charge in [-0.3, -0.25) is 5.43 Å². The molecule has 0 radical (unpaired) electrons. The van der Waals surface area contributed by atoms with Crippen LogP contribution in [-0.2, 0) is 0 Å². The van der Waals surface area contributed by atoms with Crippen molar-refractivity contribution in [2.75, 3.05) is 31.4 Å². The van der Waals surface area contributed by atoms with E-state index in [-0.39, 0.29) is 0 Å². The Balaban J connectivity index is 2.10. The lowest BCUT2D eigenvalue weighted by Gasteiger charge is -2.27. The molecule has 88 valence electrons. The lowest BCUT2D eigenvalue weighted by atomic mass is 10.2. The number of methoxy groups -OCH3 is 1. The van der Waals surface area contributed by atoms with E-state index in [0.717, 1.165) is 13.1 Å². The van der Waals surface area contributed by atoms with Crippen LogP contribution in [0.5, 0.6) is 5.75 Å². The number of hydrogen-bond acceptors (Lipinski definition) is 6. The van der Waals surface area contributed by atoms with Crippen LogP contribution < -0.4 is 15.9 Å². The minimum Gasteiger partial charge on any atom is -0.490 e. The third-order valence-corrected chi connectivity index (χ3v) is 2.66. The average Bonchev–Trinajstić information content (AvgIpc) is 2.31. The number of anilines is 2. The van der Waals surface area contributed by atoms with E-state index in [4.69, 9.17) is 10.5 Å². The van der Waals surface area contributed by atoms with E-state index < -0.39 is 0 Å². The first-order chi connectivity index (χ1) is 7.81. The number of nitrogen functional groups attached to an aromatic ring is 1. The molecular formula is C10H17N5O. The maximum Gasteiger partial charge on any atom is 0.205 e. The molecule has 1 aliphatic heterocycles. The van der Waals surface area contributed by atoms with Crippen LogP contribution in [0.3, 0.4) is 0 Å². The van der Waals surface area contributed by atoms with Gasteiger partial charge in [0.25, 0.3) is 0 Å². The number of aromatic nitrogens is 2. The Morgan fingerprint density at radius 2 is 2.06 bits per heavy atom. The monoisotopic (exact) mass is 223 g/mol. The molecule has 1 fully saturated rings. The SMILES string of the molecule is COc1c(N)ncnc1NN1CCCCC1. The number of rotatable bonds is 3. The van der Waals surface area contributed by atoms with Gasteiger partial charge in [0.1, 0.15) is 6.33 Å². The summed E-state index contributed by atoms with van der Waals surface area (Å²) in [4.78, 5) is 8.02. The standard InChI is InChI=1S/C10H17N5O/c1-16-8-9(11)12-7-13-10(8)14-15-5-3-2-4-6-15/h7H,2-6H2,1H3,(H3,11,12,13,14). The first-order valence-electron chi connectivity index (χ1n) is 5.47. The van der Waals surface area contributed by atoms with Crippen molar-refractivity contribution in [2.24, 2.45) is 0 Å². The lowest BCUT2D eigenvalue weighted by Crippen LogP contribution is -2.35. The van der Waals surface area contributed by atoms with Crippen molar-refractivity contribution in [3.63, 3.8) is 0 Å². The third-order valence-electron chi connectivity index (χ3n) is 2.66. The van der Waals surface area contributed by atoms with Crippen molar-refractivity contribution in [3.8, 4) is 5.75 Å². The molecule has 1 saturated heterocycles. The van der Waals surface area contributed by atoms with Gasteiger partial charge < -0.3 is 10.5 Å². The molecule has 0 aromatic carbocycles. The highest BCUT2D eigenvalue weighted by molar-refractivity contribution is 5.60. The van der Waals surface area contributed by atoms with Gasteiger partial charge in [-0.15, -0.1) is 0 Å². The van der Waals surface area contributed by atoms with E-state index in [1.165, 1.54) is 25.6 Å². The summed E-state index contributed by atoms with van der Waals surface area (Å²) in [5.41, 5.74) is 8.92. The van der Waals surface area contributed by atoms with Crippen LogP contribution in [0, 0.1) is 0 Å². The molecule has 6 nitrogen and oxygen atoms in total. The fraction of sp³-hybridized carbons (Fsp3) is 0.600. The molecule has 0 bridgehead atoms. The molecule has 2 heterocycles. The van der Waals surface area contributed by atoms with Crippen molar-refractivity contribution in [2.45, 2.75) is 19.3 Å². The van der Waals surface area contributed by atoms with Crippen molar-refractivity contribution < 1.29 is 4.74 Å². The summed E-state index contributed by atoms with van der Waals surface area (Å²) in [6.07, 6.45) is 5.14. The molecule has 1 aromatic heterocycles. The number of piperidine rings is 1. The summed E-state index contributed by atoms with van der Waals surface area (Å²) in [5.74, 6) is 1.50. The molecule has 1 aromatic rings. The van der Waals surface area contributed by atoms with E-state index in [0.29, 0.717) is 17.4 Å². The zero-order valence-corrected chi connectivity index (χ0v) is 9.44. The number of ether oxygens (including phenoxy) is 1. The van der Waals surface area contributed by atoms with Crippen LogP contribution in [0.1, 0.15) is 19.3 Å². The molecule has 2 rings (SSSR count). The second-order valence-corrected chi connectivity index (χ2v) is 3.80. The quantitative estimate of drug-likeness (QED) is 0.792. The van der Waals surface area contributed by atoms with Crippen LogP contribution >= 0.6 is 0 Å². The number of hydrogen-bond donors (Lipinski definition) is 2. The second-order valence-electron chi connectivity index (χ2n) is 3.80. The lowest BCUT2D eigenvalue weighted by molar-refractivity contribution is 0.270. The Morgan fingerprint density at radius 1 is 1.31 bits per heavy atom. The van der Waals surface area contributed by atoms with Crippen LogP contribution in [0.2, 0.25) is 0 Å². The second kappa shape index (κ2) is 4.98. The Morgan fingerprint density at radius 3 is 2.75 bits per heavy atom. The summed E-state index contributed by atoms with van der Waals surface area (Å²) in [5, 5.41) is 2.13. The first-order valence-corrected chi connectivity index (χ1v) is 5.47. The molecule has 1 aliphatic rings. The summed E-state index contributed by atoms with van der Waals surface area (Å²) in [6.45, 7) is 2.04. The molecule has 0 atom stereocenters. The van der Waals surface area contributed by atoms with Gasteiger partial charge in [0.15, 0.2) is 11.6 Å². The molecule has 0 saturated carbocycles. The van der Waals surface area contributed by atoms with Gasteiger partial charge >= 0.3 is 0 Å². The van der Waals surface area contributed by atoms with Gasteiger partial charge in [0, 0.05) is 13.1 Å². The predicted octanol–water partition coefficient (Wildman–Crippen LogP) is 0.880. The predicted molar refractivity (Wildman–Crippen MR) is 62.0 cm³/mol. The minimum absolute atomic E-state index is 0.358. The normalized spacial score (nSPS) is 17.1. The van der Waals surface area contributed by atoms with E-state index >= 15 is 0 Å². The Hall–Kier alpha value is -1.56. The van der Waals surface area contributed by atoms with Crippen molar-refractivity contribution in [1.82, 2.24) is 15.0 Å². The number of nitrogens with two attached hydrogens (primary N) is 1. The Labute approximate surface area is 94.8 Å².